The third kappa shape index (κ3) is 4.65. The Morgan fingerprint density at radius 2 is 1.35 bits per heavy atom. The molecular formula is C14H28O6. The second kappa shape index (κ2) is 9.65. The van der Waals surface area contributed by atoms with Gasteiger partial charge in [-0.25, -0.2) is 0 Å². The van der Waals surface area contributed by atoms with E-state index in [4.69, 9.17) is 23.7 Å². The molecule has 6 nitrogen and oxygen atoms in total. The van der Waals surface area contributed by atoms with Crippen LogP contribution < -0.4 is 0 Å². The van der Waals surface area contributed by atoms with Crippen LogP contribution in [0.25, 0.3) is 0 Å². The van der Waals surface area contributed by atoms with Crippen LogP contribution in [0.15, 0.2) is 0 Å². The predicted octanol–water partition coefficient (Wildman–Crippen LogP) is 0.955. The summed E-state index contributed by atoms with van der Waals surface area (Å²) in [5, 5.41) is 10.1. The zero-order valence-electron chi connectivity index (χ0n) is 12.9. The van der Waals surface area contributed by atoms with Crippen LogP contribution in [-0.2, 0) is 23.7 Å². The molecule has 5 atom stereocenters. The monoisotopic (exact) mass is 292 g/mol. The summed E-state index contributed by atoms with van der Waals surface area (Å²) in [5.41, 5.74) is 0. The van der Waals surface area contributed by atoms with Gasteiger partial charge in [-0.05, 0) is 27.7 Å². The molecule has 0 aromatic heterocycles. The normalized spacial score (nSPS) is 34.4. The van der Waals surface area contributed by atoms with Gasteiger partial charge in [-0.2, -0.15) is 0 Å². The summed E-state index contributed by atoms with van der Waals surface area (Å²) in [5.74, 6) is 0. The van der Waals surface area contributed by atoms with E-state index in [0.717, 1.165) is 0 Å². The fourth-order valence-corrected chi connectivity index (χ4v) is 2.41. The minimum atomic E-state index is -1.03. The Hall–Kier alpha value is -0.240. The standard InChI is InChI=1S/C14H28O6/c1-5-16-9-10-11(17-6-2)12(18-7-3)13(19-8-4)14(15)20-10/h10-15H,5-9H2,1-4H3/t10-,11-,12+,13-,14-/m1/s1. The largest absolute Gasteiger partial charge is 0.379 e. The van der Waals surface area contributed by atoms with Crippen molar-refractivity contribution in [3.63, 3.8) is 0 Å². The highest BCUT2D eigenvalue weighted by atomic mass is 16.7. The zero-order valence-corrected chi connectivity index (χ0v) is 12.9. The fraction of sp³-hybridized carbons (Fsp3) is 1.00. The topological polar surface area (TPSA) is 66.4 Å². The lowest BCUT2D eigenvalue weighted by molar-refractivity contribution is -0.310. The predicted molar refractivity (Wildman–Crippen MR) is 73.6 cm³/mol. The molecule has 0 aliphatic carbocycles. The fourth-order valence-electron chi connectivity index (χ4n) is 2.41. The van der Waals surface area contributed by atoms with Crippen molar-refractivity contribution in [2.24, 2.45) is 0 Å². The molecule has 0 saturated carbocycles. The molecule has 0 aromatic rings. The quantitative estimate of drug-likeness (QED) is 0.682. The summed E-state index contributed by atoms with van der Waals surface area (Å²) in [6, 6.07) is 0. The lowest BCUT2D eigenvalue weighted by atomic mass is 9.98. The highest BCUT2D eigenvalue weighted by molar-refractivity contribution is 4.92. The molecule has 0 unspecified atom stereocenters. The summed E-state index contributed by atoms with van der Waals surface area (Å²) >= 11 is 0. The summed E-state index contributed by atoms with van der Waals surface area (Å²) in [6.07, 6.45) is -2.62. The zero-order chi connectivity index (χ0) is 15.0. The molecule has 0 bridgehead atoms. The Kier molecular flexibility index (Phi) is 8.60. The summed E-state index contributed by atoms with van der Waals surface area (Å²) in [4.78, 5) is 0. The van der Waals surface area contributed by atoms with Crippen LogP contribution >= 0.6 is 0 Å². The first-order chi connectivity index (χ1) is 9.69. The third-order valence-corrected chi connectivity index (χ3v) is 3.17. The van der Waals surface area contributed by atoms with Gasteiger partial charge in [-0.15, -0.1) is 0 Å². The van der Waals surface area contributed by atoms with E-state index >= 15 is 0 Å². The van der Waals surface area contributed by atoms with Crippen molar-refractivity contribution < 1.29 is 28.8 Å². The molecule has 120 valence electrons. The van der Waals surface area contributed by atoms with Crippen molar-refractivity contribution in [3.8, 4) is 0 Å². The molecule has 1 aliphatic rings. The lowest BCUT2D eigenvalue weighted by Gasteiger charge is -2.44. The Morgan fingerprint density at radius 1 is 0.800 bits per heavy atom. The van der Waals surface area contributed by atoms with E-state index < -0.39 is 12.4 Å². The van der Waals surface area contributed by atoms with Gasteiger partial charge in [0, 0.05) is 26.4 Å². The minimum absolute atomic E-state index is 0.313. The average Bonchev–Trinajstić information content (AvgIpc) is 2.44. The molecule has 1 saturated heterocycles. The van der Waals surface area contributed by atoms with Gasteiger partial charge in [0.05, 0.1) is 6.61 Å². The first kappa shape index (κ1) is 17.8. The van der Waals surface area contributed by atoms with E-state index in [-0.39, 0.29) is 18.3 Å². The van der Waals surface area contributed by atoms with Gasteiger partial charge in [0.1, 0.15) is 24.4 Å². The van der Waals surface area contributed by atoms with Crippen molar-refractivity contribution in [2.45, 2.75) is 58.4 Å². The van der Waals surface area contributed by atoms with E-state index in [1.807, 2.05) is 27.7 Å². The highest BCUT2D eigenvalue weighted by Gasteiger charge is 2.47. The van der Waals surface area contributed by atoms with Crippen LogP contribution in [0.5, 0.6) is 0 Å². The first-order valence-electron chi connectivity index (χ1n) is 7.45. The number of rotatable bonds is 9. The minimum Gasteiger partial charge on any atom is -0.379 e. The van der Waals surface area contributed by atoms with Gasteiger partial charge in [0.15, 0.2) is 6.29 Å². The molecule has 6 heteroatoms. The van der Waals surface area contributed by atoms with Gasteiger partial charge in [0.25, 0.3) is 0 Å². The number of aliphatic hydroxyl groups excluding tert-OH is 1. The van der Waals surface area contributed by atoms with Crippen LogP contribution in [-0.4, -0.2) is 68.8 Å². The molecule has 1 heterocycles. The Labute approximate surface area is 121 Å². The SMILES string of the molecule is CCOC[C@H]1O[C@@H](O)[C@H](OCC)[C@@H](OCC)[C@@H]1OCC. The number of aliphatic hydroxyl groups is 1. The molecule has 1 N–H and O–H groups in total. The molecule has 0 amide bonds. The van der Waals surface area contributed by atoms with Crippen molar-refractivity contribution >= 4 is 0 Å². The molecule has 1 rings (SSSR count). The second-order valence-corrected chi connectivity index (χ2v) is 4.48. The van der Waals surface area contributed by atoms with Gasteiger partial charge in [-0.3, -0.25) is 0 Å². The van der Waals surface area contributed by atoms with E-state index in [1.54, 1.807) is 0 Å². The van der Waals surface area contributed by atoms with E-state index in [2.05, 4.69) is 0 Å². The van der Waals surface area contributed by atoms with Crippen LogP contribution in [0.1, 0.15) is 27.7 Å². The van der Waals surface area contributed by atoms with Gasteiger partial charge in [0.2, 0.25) is 0 Å². The number of hydrogen-bond donors (Lipinski definition) is 1. The van der Waals surface area contributed by atoms with Gasteiger partial charge >= 0.3 is 0 Å². The van der Waals surface area contributed by atoms with E-state index in [9.17, 15) is 5.11 Å². The molecule has 1 fully saturated rings. The Morgan fingerprint density at radius 3 is 1.90 bits per heavy atom. The van der Waals surface area contributed by atoms with Gasteiger partial charge < -0.3 is 28.8 Å². The van der Waals surface area contributed by atoms with E-state index in [1.165, 1.54) is 0 Å². The number of ether oxygens (including phenoxy) is 5. The van der Waals surface area contributed by atoms with Crippen molar-refractivity contribution in [1.29, 1.82) is 0 Å². The molecule has 20 heavy (non-hydrogen) atoms. The molecule has 0 aromatic carbocycles. The summed E-state index contributed by atoms with van der Waals surface area (Å²) in [6.45, 7) is 10.1. The maximum atomic E-state index is 10.1. The third-order valence-electron chi connectivity index (χ3n) is 3.17. The van der Waals surface area contributed by atoms with Crippen LogP contribution in [0.3, 0.4) is 0 Å². The summed E-state index contributed by atoms with van der Waals surface area (Å²) in [7, 11) is 0. The van der Waals surface area contributed by atoms with E-state index in [0.29, 0.717) is 33.0 Å². The maximum Gasteiger partial charge on any atom is 0.184 e. The summed E-state index contributed by atoms with van der Waals surface area (Å²) < 4.78 is 28.1. The van der Waals surface area contributed by atoms with Crippen molar-refractivity contribution in [3.05, 3.63) is 0 Å². The maximum absolute atomic E-state index is 10.1. The molecular weight excluding hydrogens is 264 g/mol. The smallest absolute Gasteiger partial charge is 0.184 e. The lowest BCUT2D eigenvalue weighted by Crippen LogP contribution is -2.61. The van der Waals surface area contributed by atoms with Crippen molar-refractivity contribution in [1.82, 2.24) is 0 Å². The molecule has 0 radical (unpaired) electrons. The Bertz CT molecular complexity index is 250. The van der Waals surface area contributed by atoms with Crippen LogP contribution in [0.4, 0.5) is 0 Å². The first-order valence-corrected chi connectivity index (χ1v) is 7.45. The van der Waals surface area contributed by atoms with Gasteiger partial charge in [-0.1, -0.05) is 0 Å². The second-order valence-electron chi connectivity index (χ2n) is 4.48. The molecule has 1 aliphatic heterocycles. The van der Waals surface area contributed by atoms with Crippen LogP contribution in [0.2, 0.25) is 0 Å². The van der Waals surface area contributed by atoms with Crippen LogP contribution in [0, 0.1) is 0 Å². The van der Waals surface area contributed by atoms with Crippen molar-refractivity contribution in [2.75, 3.05) is 33.0 Å². The Balaban J connectivity index is 2.83. The average molecular weight is 292 g/mol. The molecule has 0 spiro atoms. The highest BCUT2D eigenvalue weighted by Crippen LogP contribution is 2.27. The number of hydrogen-bond acceptors (Lipinski definition) is 6.